The van der Waals surface area contributed by atoms with Gasteiger partial charge in [0.15, 0.2) is 0 Å². The van der Waals surface area contributed by atoms with Gasteiger partial charge in [-0.15, -0.1) is 0 Å². The van der Waals surface area contributed by atoms with Gasteiger partial charge in [0.25, 0.3) is 0 Å². The molecule has 2 rings (SSSR count). The van der Waals surface area contributed by atoms with Crippen LogP contribution in [0.2, 0.25) is 0 Å². The van der Waals surface area contributed by atoms with E-state index in [1.165, 1.54) is 6.42 Å². The topological polar surface area (TPSA) is 58.7 Å². The zero-order valence-corrected chi connectivity index (χ0v) is 10.7. The Labute approximate surface area is 108 Å². The monoisotopic (exact) mass is 250 g/mol. The fourth-order valence-corrected chi connectivity index (χ4v) is 2.40. The van der Waals surface area contributed by atoms with Gasteiger partial charge < -0.3 is 15.6 Å². The van der Waals surface area contributed by atoms with Crippen LogP contribution in [0.1, 0.15) is 18.4 Å². The highest BCUT2D eigenvalue weighted by molar-refractivity contribution is 5.27. The van der Waals surface area contributed by atoms with Gasteiger partial charge in [0.1, 0.15) is 12.4 Å². The van der Waals surface area contributed by atoms with E-state index in [0.29, 0.717) is 19.2 Å². The minimum Gasteiger partial charge on any atom is -0.492 e. The molecule has 0 radical (unpaired) electrons. The fourth-order valence-electron chi connectivity index (χ4n) is 2.40. The largest absolute Gasteiger partial charge is 0.492 e. The number of ether oxygens (including phenoxy) is 1. The molecule has 0 aliphatic carbocycles. The van der Waals surface area contributed by atoms with E-state index < -0.39 is 0 Å². The fraction of sp³-hybridized carbons (Fsp3) is 0.571. The van der Waals surface area contributed by atoms with Crippen molar-refractivity contribution in [2.45, 2.75) is 25.4 Å². The summed E-state index contributed by atoms with van der Waals surface area (Å²) in [6, 6.07) is 8.21. The molecule has 0 saturated carbocycles. The summed E-state index contributed by atoms with van der Waals surface area (Å²) < 4.78 is 5.70. The lowest BCUT2D eigenvalue weighted by atomic mass is 10.2. The standard InChI is InChI=1S/C14H22N2O2/c15-10-12-3-5-14(6-4-12)18-9-8-16-7-1-2-13(16)11-17/h3-6,13,17H,1-2,7-11,15H2. The molecule has 3 N–H and O–H groups in total. The maximum absolute atomic E-state index is 9.22. The van der Waals surface area contributed by atoms with E-state index in [4.69, 9.17) is 10.5 Å². The zero-order chi connectivity index (χ0) is 12.8. The Morgan fingerprint density at radius 1 is 1.33 bits per heavy atom. The van der Waals surface area contributed by atoms with E-state index in [9.17, 15) is 5.11 Å². The van der Waals surface area contributed by atoms with E-state index in [0.717, 1.165) is 30.8 Å². The summed E-state index contributed by atoms with van der Waals surface area (Å²) in [7, 11) is 0. The van der Waals surface area contributed by atoms with E-state index in [2.05, 4.69) is 4.90 Å². The van der Waals surface area contributed by atoms with Crippen molar-refractivity contribution in [1.82, 2.24) is 4.90 Å². The first-order valence-electron chi connectivity index (χ1n) is 6.60. The summed E-state index contributed by atoms with van der Waals surface area (Å²) in [6.07, 6.45) is 2.28. The Hall–Kier alpha value is -1.10. The molecule has 1 aliphatic rings. The van der Waals surface area contributed by atoms with Gasteiger partial charge in [-0.05, 0) is 37.1 Å². The molecule has 4 nitrogen and oxygen atoms in total. The van der Waals surface area contributed by atoms with E-state index in [-0.39, 0.29) is 6.61 Å². The van der Waals surface area contributed by atoms with Gasteiger partial charge in [-0.3, -0.25) is 4.90 Å². The number of nitrogens with two attached hydrogens (primary N) is 1. The van der Waals surface area contributed by atoms with Crippen molar-refractivity contribution in [2.24, 2.45) is 5.73 Å². The molecule has 18 heavy (non-hydrogen) atoms. The molecule has 1 heterocycles. The summed E-state index contributed by atoms with van der Waals surface area (Å²) >= 11 is 0. The van der Waals surface area contributed by atoms with Gasteiger partial charge in [-0.25, -0.2) is 0 Å². The van der Waals surface area contributed by atoms with E-state index in [1.54, 1.807) is 0 Å². The third-order valence-electron chi connectivity index (χ3n) is 3.52. The van der Waals surface area contributed by atoms with E-state index >= 15 is 0 Å². The predicted molar refractivity (Wildman–Crippen MR) is 71.5 cm³/mol. The van der Waals surface area contributed by atoms with Crippen molar-refractivity contribution in [3.05, 3.63) is 29.8 Å². The minimum atomic E-state index is 0.255. The second-order valence-electron chi connectivity index (χ2n) is 4.71. The molecule has 1 fully saturated rings. The van der Waals surface area contributed by atoms with Crippen LogP contribution in [0, 0.1) is 0 Å². The lowest BCUT2D eigenvalue weighted by Crippen LogP contribution is -2.35. The molecular weight excluding hydrogens is 228 g/mol. The third kappa shape index (κ3) is 3.45. The van der Waals surface area contributed by atoms with Gasteiger partial charge >= 0.3 is 0 Å². The minimum absolute atomic E-state index is 0.255. The number of likely N-dealkylation sites (tertiary alicyclic amines) is 1. The molecule has 1 saturated heterocycles. The Balaban J connectivity index is 1.74. The highest BCUT2D eigenvalue weighted by atomic mass is 16.5. The molecule has 1 aromatic carbocycles. The average Bonchev–Trinajstić information content (AvgIpc) is 2.87. The summed E-state index contributed by atoms with van der Waals surface area (Å²) in [6.45, 7) is 3.43. The van der Waals surface area contributed by atoms with Crippen LogP contribution in [-0.4, -0.2) is 42.4 Å². The van der Waals surface area contributed by atoms with Crippen LogP contribution in [0.3, 0.4) is 0 Å². The van der Waals surface area contributed by atoms with Crippen molar-refractivity contribution in [3.8, 4) is 5.75 Å². The quantitative estimate of drug-likeness (QED) is 0.790. The number of hydrogen-bond donors (Lipinski definition) is 2. The summed E-state index contributed by atoms with van der Waals surface area (Å²) in [5.41, 5.74) is 6.66. The second-order valence-corrected chi connectivity index (χ2v) is 4.71. The first-order chi connectivity index (χ1) is 8.83. The average molecular weight is 250 g/mol. The number of aliphatic hydroxyl groups excluding tert-OH is 1. The molecule has 1 atom stereocenters. The van der Waals surface area contributed by atoms with Gasteiger partial charge in [0.05, 0.1) is 6.61 Å². The smallest absolute Gasteiger partial charge is 0.119 e. The predicted octanol–water partition coefficient (Wildman–Crippen LogP) is 0.981. The van der Waals surface area contributed by atoms with Gasteiger partial charge in [-0.2, -0.15) is 0 Å². The van der Waals surface area contributed by atoms with Crippen LogP contribution in [0.5, 0.6) is 5.75 Å². The maximum Gasteiger partial charge on any atom is 0.119 e. The molecule has 4 heteroatoms. The number of benzene rings is 1. The summed E-state index contributed by atoms with van der Waals surface area (Å²) in [5.74, 6) is 0.881. The maximum atomic E-state index is 9.22. The van der Waals surface area contributed by atoms with Crippen molar-refractivity contribution in [1.29, 1.82) is 0 Å². The zero-order valence-electron chi connectivity index (χ0n) is 10.7. The Bertz CT molecular complexity index is 353. The van der Waals surface area contributed by atoms with Crippen LogP contribution in [-0.2, 0) is 6.54 Å². The molecule has 1 unspecified atom stereocenters. The van der Waals surface area contributed by atoms with Crippen LogP contribution in [0.4, 0.5) is 0 Å². The molecular formula is C14H22N2O2. The van der Waals surface area contributed by atoms with Crippen LogP contribution in [0.15, 0.2) is 24.3 Å². The van der Waals surface area contributed by atoms with Crippen molar-refractivity contribution in [2.75, 3.05) is 26.3 Å². The molecule has 0 spiro atoms. The van der Waals surface area contributed by atoms with Gasteiger partial charge in [-0.1, -0.05) is 12.1 Å². The van der Waals surface area contributed by atoms with E-state index in [1.807, 2.05) is 24.3 Å². The van der Waals surface area contributed by atoms with Crippen molar-refractivity contribution < 1.29 is 9.84 Å². The summed E-state index contributed by atoms with van der Waals surface area (Å²) in [4.78, 5) is 2.30. The lowest BCUT2D eigenvalue weighted by Gasteiger charge is -2.22. The first-order valence-corrected chi connectivity index (χ1v) is 6.60. The molecule has 0 aromatic heterocycles. The highest BCUT2D eigenvalue weighted by Gasteiger charge is 2.22. The number of rotatable bonds is 6. The Kier molecular flexibility index (Phi) is 4.99. The Morgan fingerprint density at radius 3 is 2.78 bits per heavy atom. The van der Waals surface area contributed by atoms with Crippen LogP contribution >= 0.6 is 0 Å². The van der Waals surface area contributed by atoms with Gasteiger partial charge in [0.2, 0.25) is 0 Å². The SMILES string of the molecule is NCc1ccc(OCCN2CCCC2CO)cc1. The van der Waals surface area contributed by atoms with Crippen molar-refractivity contribution in [3.63, 3.8) is 0 Å². The van der Waals surface area contributed by atoms with Crippen molar-refractivity contribution >= 4 is 0 Å². The third-order valence-corrected chi connectivity index (χ3v) is 3.52. The Morgan fingerprint density at radius 2 is 2.11 bits per heavy atom. The van der Waals surface area contributed by atoms with Gasteiger partial charge in [0, 0.05) is 19.1 Å². The number of aliphatic hydroxyl groups is 1. The molecule has 0 bridgehead atoms. The first kappa shape index (κ1) is 13.3. The molecule has 1 aromatic rings. The van der Waals surface area contributed by atoms with Crippen LogP contribution < -0.4 is 10.5 Å². The van der Waals surface area contributed by atoms with Crippen LogP contribution in [0.25, 0.3) is 0 Å². The second kappa shape index (κ2) is 6.73. The lowest BCUT2D eigenvalue weighted by molar-refractivity contribution is 0.139. The molecule has 100 valence electrons. The number of nitrogens with zero attached hydrogens (tertiary/aromatic N) is 1. The highest BCUT2D eigenvalue weighted by Crippen LogP contribution is 2.16. The molecule has 1 aliphatic heterocycles. The summed E-state index contributed by atoms with van der Waals surface area (Å²) in [5, 5.41) is 9.22. The number of hydrogen-bond acceptors (Lipinski definition) is 4. The molecule has 0 amide bonds. The normalized spacial score (nSPS) is 20.2.